The third-order valence-electron chi connectivity index (χ3n) is 3.83. The summed E-state index contributed by atoms with van der Waals surface area (Å²) in [6, 6.07) is 9.92. The average Bonchev–Trinajstić information content (AvgIpc) is 2.64. The lowest BCUT2D eigenvalue weighted by atomic mass is 10.1. The Labute approximate surface area is 146 Å². The van der Waals surface area contributed by atoms with Gasteiger partial charge in [0.2, 0.25) is 0 Å². The Balaban J connectivity index is 1.93. The van der Waals surface area contributed by atoms with Gasteiger partial charge in [-0.2, -0.15) is 10.2 Å². The molecule has 2 aromatic carbocycles. The number of rotatable bonds is 3. The fourth-order valence-electron chi connectivity index (χ4n) is 2.44. The van der Waals surface area contributed by atoms with Crippen LogP contribution < -0.4 is 11.0 Å². The number of hydrazone groups is 1. The van der Waals surface area contributed by atoms with E-state index in [0.717, 1.165) is 16.8 Å². The molecule has 0 spiro atoms. The van der Waals surface area contributed by atoms with Gasteiger partial charge in [0, 0.05) is 18.0 Å². The molecule has 0 aliphatic carbocycles. The summed E-state index contributed by atoms with van der Waals surface area (Å²) >= 11 is 0. The number of hydrogen-bond acceptors (Lipinski definition) is 4. The molecule has 3 rings (SSSR count). The third kappa shape index (κ3) is 3.21. The number of amides is 1. The van der Waals surface area contributed by atoms with E-state index in [1.165, 1.54) is 13.1 Å². The van der Waals surface area contributed by atoms with Crippen molar-refractivity contribution in [3.63, 3.8) is 0 Å². The van der Waals surface area contributed by atoms with Crippen LogP contribution >= 0.6 is 0 Å². The summed E-state index contributed by atoms with van der Waals surface area (Å²) < 4.78 is 27.4. The summed E-state index contributed by atoms with van der Waals surface area (Å²) in [5, 5.41) is 8.65. The molecule has 1 N–H and O–H groups in total. The Bertz CT molecular complexity index is 1110. The summed E-state index contributed by atoms with van der Waals surface area (Å²) in [6.45, 7) is 1.54. The maximum Gasteiger partial charge on any atom is 0.292 e. The molecular formula is C18H14F2N4O2. The topological polar surface area (TPSA) is 76.3 Å². The lowest BCUT2D eigenvalue weighted by molar-refractivity contribution is 0.0949. The summed E-state index contributed by atoms with van der Waals surface area (Å²) in [6.07, 6.45) is 0. The number of carbonyl (C=O) groups is 1. The maximum absolute atomic E-state index is 13.3. The lowest BCUT2D eigenvalue weighted by Gasteiger charge is -2.07. The van der Waals surface area contributed by atoms with Crippen molar-refractivity contribution < 1.29 is 13.6 Å². The van der Waals surface area contributed by atoms with Crippen LogP contribution in [0, 0.1) is 11.6 Å². The van der Waals surface area contributed by atoms with Gasteiger partial charge in [-0.3, -0.25) is 9.59 Å². The zero-order chi connectivity index (χ0) is 18.8. The Morgan fingerprint density at radius 1 is 1.12 bits per heavy atom. The lowest BCUT2D eigenvalue weighted by Crippen LogP contribution is -2.27. The molecule has 26 heavy (non-hydrogen) atoms. The number of carbonyl (C=O) groups excluding carboxylic acids is 1. The quantitative estimate of drug-likeness (QED) is 0.578. The van der Waals surface area contributed by atoms with Crippen LogP contribution in [0.15, 0.2) is 52.4 Å². The highest BCUT2D eigenvalue weighted by Crippen LogP contribution is 2.13. The van der Waals surface area contributed by atoms with Crippen LogP contribution in [0.1, 0.15) is 23.0 Å². The summed E-state index contributed by atoms with van der Waals surface area (Å²) in [5.74, 6) is -2.60. The Hall–Kier alpha value is -3.42. The van der Waals surface area contributed by atoms with Crippen molar-refractivity contribution in [2.24, 2.45) is 12.1 Å². The third-order valence-corrected chi connectivity index (χ3v) is 3.83. The van der Waals surface area contributed by atoms with E-state index >= 15 is 0 Å². The highest BCUT2D eigenvalue weighted by Gasteiger charge is 2.15. The predicted octanol–water partition coefficient (Wildman–Crippen LogP) is 2.37. The second-order valence-electron chi connectivity index (χ2n) is 5.59. The van der Waals surface area contributed by atoms with Crippen LogP contribution in [0.3, 0.4) is 0 Å². The van der Waals surface area contributed by atoms with E-state index in [-0.39, 0.29) is 17.0 Å². The van der Waals surface area contributed by atoms with Gasteiger partial charge in [0.05, 0.1) is 11.1 Å². The minimum absolute atomic E-state index is 0.0320. The van der Waals surface area contributed by atoms with Crippen LogP contribution in [-0.4, -0.2) is 21.4 Å². The molecule has 132 valence electrons. The van der Waals surface area contributed by atoms with Gasteiger partial charge in [-0.1, -0.05) is 18.2 Å². The van der Waals surface area contributed by atoms with Crippen molar-refractivity contribution in [1.82, 2.24) is 15.2 Å². The fraction of sp³-hybridized carbons (Fsp3) is 0.111. The van der Waals surface area contributed by atoms with E-state index in [1.807, 2.05) is 0 Å². The first-order valence-corrected chi connectivity index (χ1v) is 7.64. The maximum atomic E-state index is 13.3. The van der Waals surface area contributed by atoms with E-state index < -0.39 is 17.5 Å². The predicted molar refractivity (Wildman–Crippen MR) is 93.0 cm³/mol. The molecule has 6 nitrogen and oxygen atoms in total. The minimum Gasteiger partial charge on any atom is -0.267 e. The summed E-state index contributed by atoms with van der Waals surface area (Å²) in [7, 11) is 1.45. The molecule has 0 radical (unpaired) electrons. The molecule has 0 atom stereocenters. The van der Waals surface area contributed by atoms with Crippen LogP contribution in [0.2, 0.25) is 0 Å². The average molecular weight is 356 g/mol. The molecular weight excluding hydrogens is 342 g/mol. The van der Waals surface area contributed by atoms with Gasteiger partial charge in [-0.15, -0.1) is 0 Å². The van der Waals surface area contributed by atoms with E-state index in [0.29, 0.717) is 16.3 Å². The molecule has 0 bridgehead atoms. The highest BCUT2D eigenvalue weighted by molar-refractivity contribution is 6.06. The van der Waals surface area contributed by atoms with Gasteiger partial charge in [0.25, 0.3) is 11.5 Å². The molecule has 0 unspecified atom stereocenters. The van der Waals surface area contributed by atoms with Gasteiger partial charge in [-0.25, -0.2) is 18.9 Å². The number of halogens is 2. The Morgan fingerprint density at radius 3 is 2.50 bits per heavy atom. The summed E-state index contributed by atoms with van der Waals surface area (Å²) in [4.78, 5) is 24.5. The van der Waals surface area contributed by atoms with Gasteiger partial charge in [-0.05, 0) is 31.2 Å². The molecule has 0 saturated carbocycles. The number of hydrogen-bond donors (Lipinski definition) is 1. The normalized spacial score (nSPS) is 11.6. The van der Waals surface area contributed by atoms with E-state index in [2.05, 4.69) is 15.6 Å². The summed E-state index contributed by atoms with van der Waals surface area (Å²) in [5.41, 5.74) is 2.64. The van der Waals surface area contributed by atoms with E-state index in [9.17, 15) is 18.4 Å². The molecule has 1 heterocycles. The number of aryl methyl sites for hydroxylation is 1. The first kappa shape index (κ1) is 17.4. The van der Waals surface area contributed by atoms with E-state index in [1.54, 1.807) is 31.2 Å². The second-order valence-corrected chi connectivity index (χ2v) is 5.59. The molecule has 8 heteroatoms. The van der Waals surface area contributed by atoms with Gasteiger partial charge >= 0.3 is 0 Å². The number of benzene rings is 2. The Kier molecular flexibility index (Phi) is 4.57. The molecule has 0 aliphatic rings. The van der Waals surface area contributed by atoms with Gasteiger partial charge in [0.15, 0.2) is 17.3 Å². The SMILES string of the molecule is C/C(=N\NC(=O)c1nn(C)c(=O)c2ccccc12)c1ccc(F)c(F)c1. The number of nitrogens with zero attached hydrogens (tertiary/aromatic N) is 3. The second kappa shape index (κ2) is 6.83. The number of fused-ring (bicyclic) bond motifs is 1. The number of aromatic nitrogens is 2. The van der Waals surface area contributed by atoms with Crippen molar-refractivity contribution in [2.75, 3.05) is 0 Å². The molecule has 1 aromatic heterocycles. The largest absolute Gasteiger partial charge is 0.292 e. The first-order valence-electron chi connectivity index (χ1n) is 7.64. The molecule has 0 aliphatic heterocycles. The number of nitrogens with one attached hydrogen (secondary N) is 1. The minimum atomic E-state index is -1.01. The van der Waals surface area contributed by atoms with Gasteiger partial charge < -0.3 is 0 Å². The fourth-order valence-corrected chi connectivity index (χ4v) is 2.44. The van der Waals surface area contributed by atoms with Crippen LogP contribution in [-0.2, 0) is 7.05 Å². The van der Waals surface area contributed by atoms with Crippen LogP contribution in [0.5, 0.6) is 0 Å². The molecule has 1 amide bonds. The highest BCUT2D eigenvalue weighted by atomic mass is 19.2. The molecule has 0 saturated heterocycles. The van der Waals surface area contributed by atoms with Crippen molar-refractivity contribution in [2.45, 2.75) is 6.92 Å². The van der Waals surface area contributed by atoms with E-state index in [4.69, 9.17) is 0 Å². The van der Waals surface area contributed by atoms with Crippen molar-refractivity contribution in [3.8, 4) is 0 Å². The Morgan fingerprint density at radius 2 is 1.81 bits per heavy atom. The van der Waals surface area contributed by atoms with Crippen LogP contribution in [0.25, 0.3) is 10.8 Å². The van der Waals surface area contributed by atoms with Crippen molar-refractivity contribution >= 4 is 22.4 Å². The van der Waals surface area contributed by atoms with Crippen LogP contribution in [0.4, 0.5) is 8.78 Å². The zero-order valence-corrected chi connectivity index (χ0v) is 14.0. The molecule has 0 fully saturated rings. The monoisotopic (exact) mass is 356 g/mol. The first-order chi connectivity index (χ1) is 12.4. The van der Waals surface area contributed by atoms with Crippen molar-refractivity contribution in [1.29, 1.82) is 0 Å². The standard InChI is InChI=1S/C18H14F2N4O2/c1-10(11-7-8-14(19)15(20)9-11)21-22-17(25)16-12-5-3-4-6-13(12)18(26)24(2)23-16/h3-9H,1-2H3,(H,22,25)/b21-10+. The zero-order valence-electron chi connectivity index (χ0n) is 14.0. The van der Waals surface area contributed by atoms with Gasteiger partial charge in [0.1, 0.15) is 0 Å². The smallest absolute Gasteiger partial charge is 0.267 e. The van der Waals surface area contributed by atoms with Crippen molar-refractivity contribution in [3.05, 3.63) is 75.7 Å². The molecule has 3 aromatic rings.